The van der Waals surface area contributed by atoms with Crippen LogP contribution in [0.1, 0.15) is 5.56 Å². The van der Waals surface area contributed by atoms with Gasteiger partial charge in [-0.25, -0.2) is 21.6 Å². The molecule has 0 aromatic heterocycles. The van der Waals surface area contributed by atoms with Crippen LogP contribution in [0.4, 0.5) is 18.9 Å². The zero-order valence-corrected chi connectivity index (χ0v) is 14.9. The molecule has 2 aromatic carbocycles. The first-order valence-electron chi connectivity index (χ1n) is 6.81. The molecule has 0 saturated heterocycles. The van der Waals surface area contributed by atoms with Gasteiger partial charge in [-0.15, -0.1) is 0 Å². The number of hydrogen-bond donors (Lipinski definition) is 2. The van der Waals surface area contributed by atoms with Gasteiger partial charge in [0.05, 0.1) is 11.4 Å². The zero-order chi connectivity index (χ0) is 18.6. The summed E-state index contributed by atoms with van der Waals surface area (Å²) in [5.74, 6) is -6.82. The summed E-state index contributed by atoms with van der Waals surface area (Å²) in [5, 5.41) is 0. The van der Waals surface area contributed by atoms with Gasteiger partial charge >= 0.3 is 0 Å². The Morgan fingerprint density at radius 1 is 1.08 bits per heavy atom. The summed E-state index contributed by atoms with van der Waals surface area (Å²) in [6.45, 7) is 0. The molecule has 2 aromatic rings. The first kappa shape index (κ1) is 19.3. The van der Waals surface area contributed by atoms with Gasteiger partial charge in [0.25, 0.3) is 5.91 Å². The van der Waals surface area contributed by atoms with Gasteiger partial charge in [0.15, 0.2) is 27.3 Å². The van der Waals surface area contributed by atoms with E-state index >= 15 is 0 Å². The average Bonchev–Trinajstić information content (AvgIpc) is 2.51. The molecule has 1 amide bonds. The molecule has 0 heterocycles. The number of benzene rings is 2. The van der Waals surface area contributed by atoms with Crippen molar-refractivity contribution in [2.75, 3.05) is 11.2 Å². The number of nitrogens with one attached hydrogen (secondary N) is 2. The van der Waals surface area contributed by atoms with E-state index in [9.17, 15) is 26.4 Å². The third-order valence-electron chi connectivity index (χ3n) is 3.00. The molecule has 0 atom stereocenters. The molecule has 0 fully saturated rings. The second-order valence-corrected chi connectivity index (χ2v) is 8.04. The van der Waals surface area contributed by atoms with Crippen molar-refractivity contribution in [3.8, 4) is 0 Å². The highest BCUT2D eigenvalue weighted by Crippen LogP contribution is 2.19. The molecule has 10 heteroatoms. The van der Waals surface area contributed by atoms with E-state index < -0.39 is 44.6 Å². The van der Waals surface area contributed by atoms with Crippen LogP contribution in [0.15, 0.2) is 40.9 Å². The Morgan fingerprint density at radius 2 is 1.80 bits per heavy atom. The van der Waals surface area contributed by atoms with E-state index in [2.05, 4.69) is 15.9 Å². The first-order valence-corrected chi connectivity index (χ1v) is 9.42. The van der Waals surface area contributed by atoms with Crippen molar-refractivity contribution in [2.45, 2.75) is 5.75 Å². The van der Waals surface area contributed by atoms with Crippen molar-refractivity contribution in [1.29, 1.82) is 0 Å². The smallest absolute Gasteiger partial charge is 0.253 e. The van der Waals surface area contributed by atoms with E-state index in [1.807, 2.05) is 10.9 Å². The van der Waals surface area contributed by atoms with Crippen molar-refractivity contribution in [3.05, 3.63) is 63.9 Å². The van der Waals surface area contributed by atoms with Crippen LogP contribution in [0.3, 0.4) is 0 Å². The van der Waals surface area contributed by atoms with Crippen molar-refractivity contribution in [2.24, 2.45) is 0 Å². The number of sulfone groups is 1. The van der Waals surface area contributed by atoms with E-state index in [4.69, 9.17) is 0 Å². The van der Waals surface area contributed by atoms with Crippen LogP contribution in [-0.2, 0) is 20.4 Å². The number of anilines is 1. The van der Waals surface area contributed by atoms with Crippen molar-refractivity contribution >= 4 is 37.4 Å². The summed E-state index contributed by atoms with van der Waals surface area (Å²) in [4.78, 5) is 11.7. The van der Waals surface area contributed by atoms with Crippen LogP contribution in [0.5, 0.6) is 0 Å². The Balaban J connectivity index is 1.96. The van der Waals surface area contributed by atoms with E-state index in [0.717, 1.165) is 6.07 Å². The summed E-state index contributed by atoms with van der Waals surface area (Å²) in [6.07, 6.45) is 0. The Labute approximate surface area is 150 Å². The topological polar surface area (TPSA) is 75.3 Å². The molecule has 0 bridgehead atoms. The second-order valence-electron chi connectivity index (χ2n) is 5.06. The van der Waals surface area contributed by atoms with Gasteiger partial charge in [-0.2, -0.15) is 0 Å². The number of halogens is 4. The molecule has 134 valence electrons. The lowest BCUT2D eigenvalue weighted by Gasteiger charge is -2.10. The lowest BCUT2D eigenvalue weighted by Crippen LogP contribution is -2.35. The van der Waals surface area contributed by atoms with Crippen LogP contribution in [0, 0.1) is 17.5 Å². The predicted octanol–water partition coefficient (Wildman–Crippen LogP) is 2.92. The fourth-order valence-electron chi connectivity index (χ4n) is 1.93. The van der Waals surface area contributed by atoms with Crippen LogP contribution < -0.4 is 10.9 Å². The third-order valence-corrected chi connectivity index (χ3v) is 4.97. The lowest BCUT2D eigenvalue weighted by molar-refractivity contribution is -0.118. The molecule has 5 nitrogen and oxygen atoms in total. The molecule has 2 rings (SSSR count). The van der Waals surface area contributed by atoms with Gasteiger partial charge in [0.1, 0.15) is 5.75 Å². The van der Waals surface area contributed by atoms with Gasteiger partial charge in [-0.3, -0.25) is 15.6 Å². The first-order chi connectivity index (χ1) is 11.7. The Hall–Kier alpha value is -2.07. The standard InChI is InChI=1S/C15H12BrF3N2O3S/c16-10-3-1-2-9(6-10)7-25(23,24)8-13(22)21-20-12-5-4-11(17)14(18)15(12)19/h1-6,20H,7-8H2,(H,21,22). The minimum atomic E-state index is -3.78. The molecule has 0 radical (unpaired) electrons. The van der Waals surface area contributed by atoms with E-state index in [-0.39, 0.29) is 5.75 Å². The van der Waals surface area contributed by atoms with Gasteiger partial charge in [0, 0.05) is 4.47 Å². The maximum absolute atomic E-state index is 13.4. The van der Waals surface area contributed by atoms with Crippen molar-refractivity contribution in [1.82, 2.24) is 5.43 Å². The number of carbonyl (C=O) groups is 1. The van der Waals surface area contributed by atoms with Crippen LogP contribution in [0.2, 0.25) is 0 Å². The van der Waals surface area contributed by atoms with Crippen LogP contribution in [0.25, 0.3) is 0 Å². The van der Waals surface area contributed by atoms with Gasteiger partial charge in [-0.1, -0.05) is 28.1 Å². The fraction of sp³-hybridized carbons (Fsp3) is 0.133. The zero-order valence-electron chi connectivity index (χ0n) is 12.5. The molecule has 0 saturated carbocycles. The largest absolute Gasteiger partial charge is 0.295 e. The summed E-state index contributed by atoms with van der Waals surface area (Å²) < 4.78 is 64.0. The monoisotopic (exact) mass is 436 g/mol. The fourth-order valence-corrected chi connectivity index (χ4v) is 3.63. The Kier molecular flexibility index (Phi) is 6.07. The Bertz CT molecular complexity index is 907. The third kappa shape index (κ3) is 5.46. The number of hydrazine groups is 1. The van der Waals surface area contributed by atoms with Gasteiger partial charge in [-0.05, 0) is 29.8 Å². The summed E-state index contributed by atoms with van der Waals surface area (Å²) in [7, 11) is -3.78. The molecule has 25 heavy (non-hydrogen) atoms. The second kappa shape index (κ2) is 7.87. The maximum atomic E-state index is 13.4. The SMILES string of the molecule is O=C(CS(=O)(=O)Cc1cccc(Br)c1)NNc1ccc(F)c(F)c1F. The predicted molar refractivity (Wildman–Crippen MR) is 89.7 cm³/mol. The molecular weight excluding hydrogens is 425 g/mol. The highest BCUT2D eigenvalue weighted by atomic mass is 79.9. The minimum absolute atomic E-state index is 0.362. The number of amides is 1. The van der Waals surface area contributed by atoms with Gasteiger partial charge < -0.3 is 0 Å². The molecule has 0 aliphatic rings. The van der Waals surface area contributed by atoms with Gasteiger partial charge in [0.2, 0.25) is 0 Å². The van der Waals surface area contributed by atoms with E-state index in [1.165, 1.54) is 0 Å². The summed E-state index contributed by atoms with van der Waals surface area (Å²) in [6, 6.07) is 8.10. The summed E-state index contributed by atoms with van der Waals surface area (Å²) >= 11 is 3.21. The lowest BCUT2D eigenvalue weighted by atomic mass is 10.2. The molecule has 0 unspecified atom stereocenters. The maximum Gasteiger partial charge on any atom is 0.253 e. The van der Waals surface area contributed by atoms with Crippen LogP contribution >= 0.6 is 15.9 Å². The quantitative estimate of drug-likeness (QED) is 0.539. The molecule has 0 aliphatic heterocycles. The normalized spacial score (nSPS) is 11.2. The average molecular weight is 437 g/mol. The molecule has 2 N–H and O–H groups in total. The molecule has 0 aliphatic carbocycles. The van der Waals surface area contributed by atoms with E-state index in [1.54, 1.807) is 24.3 Å². The number of hydrogen-bond acceptors (Lipinski definition) is 4. The molecular formula is C15H12BrF3N2O3S. The van der Waals surface area contributed by atoms with Crippen molar-refractivity contribution in [3.63, 3.8) is 0 Å². The van der Waals surface area contributed by atoms with Crippen LogP contribution in [-0.4, -0.2) is 20.1 Å². The highest BCUT2D eigenvalue weighted by molar-refractivity contribution is 9.10. The minimum Gasteiger partial charge on any atom is -0.295 e. The Morgan fingerprint density at radius 3 is 2.48 bits per heavy atom. The summed E-state index contributed by atoms with van der Waals surface area (Å²) in [5.41, 5.74) is 3.91. The number of rotatable bonds is 6. The molecule has 0 spiro atoms. The van der Waals surface area contributed by atoms with Crippen molar-refractivity contribution < 1.29 is 26.4 Å². The highest BCUT2D eigenvalue weighted by Gasteiger charge is 2.19. The van der Waals surface area contributed by atoms with E-state index in [0.29, 0.717) is 16.1 Å². The number of carbonyl (C=O) groups excluding carboxylic acids is 1.